The van der Waals surface area contributed by atoms with E-state index in [1.807, 2.05) is 0 Å². The van der Waals surface area contributed by atoms with Crippen LogP contribution in [0.25, 0.3) is 0 Å². The first kappa shape index (κ1) is 13.8. The highest BCUT2D eigenvalue weighted by atomic mass is 127. The first-order valence-electron chi connectivity index (χ1n) is 5.60. The Kier molecular flexibility index (Phi) is 4.04. The molecule has 5 heteroatoms. The fourth-order valence-corrected chi connectivity index (χ4v) is 2.32. The molecule has 19 heavy (non-hydrogen) atoms. The minimum absolute atomic E-state index is 0.0691. The van der Waals surface area contributed by atoms with Gasteiger partial charge in [0, 0.05) is 20.5 Å². The average molecular weight is 370 g/mol. The zero-order valence-electron chi connectivity index (χ0n) is 10.2. The summed E-state index contributed by atoms with van der Waals surface area (Å²) in [6.45, 7) is 1.47. The quantitative estimate of drug-likeness (QED) is 0.489. The number of carbonyl (C=O) groups excluding carboxylic acids is 1. The van der Waals surface area contributed by atoms with Crippen molar-refractivity contribution >= 4 is 45.4 Å². The van der Waals surface area contributed by atoms with Crippen LogP contribution in [-0.4, -0.2) is 5.78 Å². The number of anilines is 3. The number of ketones is 1. The van der Waals surface area contributed by atoms with Gasteiger partial charge in [0.25, 0.3) is 0 Å². The molecule has 0 spiro atoms. The third-order valence-electron chi connectivity index (χ3n) is 2.64. The second kappa shape index (κ2) is 5.56. The molecule has 0 radical (unpaired) electrons. The molecule has 2 rings (SSSR count). The molecule has 3 N–H and O–H groups in total. The maximum atomic E-state index is 13.0. The second-order valence-corrected chi connectivity index (χ2v) is 5.27. The van der Waals surface area contributed by atoms with Crippen molar-refractivity contribution in [3.8, 4) is 0 Å². The number of benzene rings is 2. The highest BCUT2D eigenvalue weighted by Crippen LogP contribution is 2.25. The number of rotatable bonds is 3. The highest BCUT2D eigenvalue weighted by Gasteiger charge is 2.07. The highest BCUT2D eigenvalue weighted by molar-refractivity contribution is 14.1. The van der Waals surface area contributed by atoms with Crippen LogP contribution in [0, 0.1) is 9.39 Å². The zero-order chi connectivity index (χ0) is 14.0. The van der Waals surface area contributed by atoms with E-state index in [1.54, 1.807) is 24.3 Å². The molecule has 0 fully saturated rings. The molecule has 0 unspecified atom stereocenters. The van der Waals surface area contributed by atoms with Crippen LogP contribution in [0.15, 0.2) is 36.4 Å². The third-order valence-corrected chi connectivity index (χ3v) is 3.53. The summed E-state index contributed by atoms with van der Waals surface area (Å²) in [4.78, 5) is 11.3. The molecule has 0 aliphatic heterocycles. The van der Waals surface area contributed by atoms with Gasteiger partial charge in [-0.3, -0.25) is 4.79 Å². The number of nitrogens with one attached hydrogen (secondary N) is 1. The number of nitrogens with two attached hydrogens (primary N) is 1. The summed E-state index contributed by atoms with van der Waals surface area (Å²) >= 11 is 2.05. The molecular formula is C14H12FIN2O. The normalized spacial score (nSPS) is 10.3. The Bertz CT molecular complexity index is 643. The third kappa shape index (κ3) is 3.23. The Balaban J connectivity index is 2.29. The van der Waals surface area contributed by atoms with E-state index in [9.17, 15) is 9.18 Å². The minimum Gasteiger partial charge on any atom is -0.398 e. The van der Waals surface area contributed by atoms with Crippen LogP contribution in [0.2, 0.25) is 0 Å². The monoisotopic (exact) mass is 370 g/mol. The Hall–Kier alpha value is -1.63. The molecule has 0 bridgehead atoms. The molecule has 3 nitrogen and oxygen atoms in total. The molecule has 0 aliphatic carbocycles. The number of carbonyl (C=O) groups is 1. The van der Waals surface area contributed by atoms with Crippen molar-refractivity contribution in [2.75, 3.05) is 11.1 Å². The molecule has 0 aliphatic rings. The van der Waals surface area contributed by atoms with Crippen molar-refractivity contribution < 1.29 is 9.18 Å². The summed E-state index contributed by atoms with van der Waals surface area (Å²) in [5, 5.41) is 3.14. The van der Waals surface area contributed by atoms with E-state index >= 15 is 0 Å². The maximum absolute atomic E-state index is 13.0. The van der Waals surface area contributed by atoms with Gasteiger partial charge in [-0.2, -0.15) is 0 Å². The van der Waals surface area contributed by atoms with E-state index < -0.39 is 0 Å². The van der Waals surface area contributed by atoms with Gasteiger partial charge >= 0.3 is 0 Å². The van der Waals surface area contributed by atoms with Gasteiger partial charge in [0.05, 0.1) is 5.69 Å². The van der Waals surface area contributed by atoms with Crippen molar-refractivity contribution in [3.63, 3.8) is 0 Å². The number of hydrogen-bond acceptors (Lipinski definition) is 3. The lowest BCUT2D eigenvalue weighted by Crippen LogP contribution is -2.01. The largest absolute Gasteiger partial charge is 0.398 e. The smallest absolute Gasteiger partial charge is 0.161 e. The van der Waals surface area contributed by atoms with Crippen molar-refractivity contribution in [2.24, 2.45) is 0 Å². The van der Waals surface area contributed by atoms with Crippen molar-refractivity contribution in [1.82, 2.24) is 0 Å². The fraction of sp³-hybridized carbons (Fsp3) is 0.0714. The summed E-state index contributed by atoms with van der Waals surface area (Å²) in [5.74, 6) is -0.346. The molecule has 0 heterocycles. The Morgan fingerprint density at radius 2 is 2.00 bits per heavy atom. The van der Waals surface area contributed by atoms with Crippen LogP contribution in [-0.2, 0) is 0 Å². The molecule has 0 aromatic heterocycles. The summed E-state index contributed by atoms with van der Waals surface area (Å²) < 4.78 is 13.8. The van der Waals surface area contributed by atoms with Gasteiger partial charge in [0.1, 0.15) is 5.82 Å². The van der Waals surface area contributed by atoms with Gasteiger partial charge in [0.15, 0.2) is 5.78 Å². The SMILES string of the molecule is CC(=O)c1ccc(Nc2ccc(F)cc2I)cc1N. The summed E-state index contributed by atoms with van der Waals surface area (Å²) in [7, 11) is 0. The summed E-state index contributed by atoms with van der Waals surface area (Å²) in [6.07, 6.45) is 0. The Labute approximate surface area is 124 Å². The minimum atomic E-state index is -0.276. The fourth-order valence-electron chi connectivity index (χ4n) is 1.71. The van der Waals surface area contributed by atoms with Crippen LogP contribution in [0.3, 0.4) is 0 Å². The van der Waals surface area contributed by atoms with Crippen LogP contribution >= 0.6 is 22.6 Å². The van der Waals surface area contributed by atoms with E-state index in [-0.39, 0.29) is 11.6 Å². The topological polar surface area (TPSA) is 55.1 Å². The molecule has 0 atom stereocenters. The zero-order valence-corrected chi connectivity index (χ0v) is 12.4. The number of nitrogen functional groups attached to an aromatic ring is 1. The molecule has 0 saturated heterocycles. The summed E-state index contributed by atoms with van der Waals surface area (Å²) in [6, 6.07) is 9.62. The molecular weight excluding hydrogens is 358 g/mol. The Morgan fingerprint density at radius 3 is 2.58 bits per heavy atom. The lowest BCUT2D eigenvalue weighted by atomic mass is 10.1. The van der Waals surface area contributed by atoms with E-state index in [2.05, 4.69) is 27.9 Å². The van der Waals surface area contributed by atoms with Gasteiger partial charge in [-0.1, -0.05) is 0 Å². The standard InChI is InChI=1S/C14H12FIN2O/c1-8(19)11-4-3-10(7-13(11)17)18-14-5-2-9(15)6-12(14)16/h2-7,18H,17H2,1H3. The number of Topliss-reactive ketones (excluding diaryl/α,β-unsaturated/α-hetero) is 1. The maximum Gasteiger partial charge on any atom is 0.161 e. The van der Waals surface area contributed by atoms with Crippen molar-refractivity contribution in [2.45, 2.75) is 6.92 Å². The Morgan fingerprint density at radius 1 is 1.26 bits per heavy atom. The van der Waals surface area contributed by atoms with Crippen molar-refractivity contribution in [1.29, 1.82) is 0 Å². The molecule has 2 aromatic rings. The van der Waals surface area contributed by atoms with Gasteiger partial charge in [-0.15, -0.1) is 0 Å². The van der Waals surface area contributed by atoms with Crippen LogP contribution in [0.5, 0.6) is 0 Å². The van der Waals surface area contributed by atoms with Gasteiger partial charge in [-0.05, 0) is 65.9 Å². The predicted octanol–water partition coefficient (Wildman–Crippen LogP) is 3.96. The molecule has 98 valence electrons. The average Bonchev–Trinajstić information content (AvgIpc) is 2.32. The van der Waals surface area contributed by atoms with Crippen molar-refractivity contribution in [3.05, 3.63) is 51.3 Å². The first-order chi connectivity index (χ1) is 8.97. The van der Waals surface area contributed by atoms with Gasteiger partial charge < -0.3 is 11.1 Å². The second-order valence-electron chi connectivity index (χ2n) is 4.11. The molecule has 2 aromatic carbocycles. The summed E-state index contributed by atoms with van der Waals surface area (Å²) in [5.41, 5.74) is 8.29. The van der Waals surface area contributed by atoms with Crippen LogP contribution in [0.4, 0.5) is 21.5 Å². The first-order valence-corrected chi connectivity index (χ1v) is 6.68. The van der Waals surface area contributed by atoms with E-state index in [0.717, 1.165) is 14.9 Å². The van der Waals surface area contributed by atoms with Gasteiger partial charge in [0.2, 0.25) is 0 Å². The van der Waals surface area contributed by atoms with E-state index in [0.29, 0.717) is 11.3 Å². The lowest BCUT2D eigenvalue weighted by Gasteiger charge is -2.10. The molecule has 0 saturated carbocycles. The number of hydrogen-bond donors (Lipinski definition) is 2. The number of halogens is 2. The van der Waals surface area contributed by atoms with Crippen LogP contribution in [0.1, 0.15) is 17.3 Å². The lowest BCUT2D eigenvalue weighted by molar-refractivity contribution is 0.101. The predicted molar refractivity (Wildman–Crippen MR) is 83.3 cm³/mol. The molecule has 0 amide bonds. The van der Waals surface area contributed by atoms with Gasteiger partial charge in [-0.25, -0.2) is 4.39 Å². The van der Waals surface area contributed by atoms with Crippen LogP contribution < -0.4 is 11.1 Å². The van der Waals surface area contributed by atoms with E-state index in [4.69, 9.17) is 5.73 Å². The van der Waals surface area contributed by atoms with E-state index in [1.165, 1.54) is 19.1 Å².